The highest BCUT2D eigenvalue weighted by molar-refractivity contribution is 6.40. The van der Waals surface area contributed by atoms with Crippen molar-refractivity contribution in [2.45, 2.75) is 89.5 Å². The Bertz CT molecular complexity index is 1200. The lowest BCUT2D eigenvalue weighted by Crippen LogP contribution is -2.47. The minimum atomic E-state index is -0.517. The fourth-order valence-electron chi connectivity index (χ4n) is 6.89. The van der Waals surface area contributed by atoms with Crippen molar-refractivity contribution in [2.75, 3.05) is 32.7 Å². The predicted molar refractivity (Wildman–Crippen MR) is 168 cm³/mol. The maximum absolute atomic E-state index is 14.5. The maximum Gasteiger partial charge on any atom is 0.180 e. The molecule has 2 N–H and O–H groups in total. The summed E-state index contributed by atoms with van der Waals surface area (Å²) in [7, 11) is 0. The van der Waals surface area contributed by atoms with Crippen molar-refractivity contribution >= 4 is 29.3 Å². The maximum atomic E-state index is 14.5. The summed E-state index contributed by atoms with van der Waals surface area (Å²) in [6, 6.07) is 11.5. The molecule has 4 rings (SSSR count). The molecule has 0 aliphatic carbocycles. The van der Waals surface area contributed by atoms with E-state index < -0.39 is 17.0 Å². The van der Waals surface area contributed by atoms with Crippen LogP contribution in [-0.2, 0) is 16.6 Å². The molecule has 1 atom stereocenters. The lowest BCUT2D eigenvalue weighted by molar-refractivity contribution is -0.112. The van der Waals surface area contributed by atoms with Gasteiger partial charge in [0.15, 0.2) is 5.78 Å². The zero-order valence-corrected chi connectivity index (χ0v) is 25.5. The zero-order valence-electron chi connectivity index (χ0n) is 24.8. The van der Waals surface area contributed by atoms with Crippen LogP contribution in [-0.4, -0.2) is 66.3 Å². The third-order valence-corrected chi connectivity index (χ3v) is 9.71. The number of likely N-dealkylation sites (tertiary alicyclic amines) is 2. The van der Waals surface area contributed by atoms with E-state index in [1.807, 2.05) is 0 Å². The van der Waals surface area contributed by atoms with Gasteiger partial charge < -0.3 is 20.6 Å². The second-order valence-electron chi connectivity index (χ2n) is 12.2. The molecular weight excluding hydrogens is 535 g/mol. The molecule has 0 spiro atoms. The van der Waals surface area contributed by atoms with E-state index in [2.05, 4.69) is 41.8 Å². The van der Waals surface area contributed by atoms with E-state index >= 15 is 0 Å². The molecule has 2 fully saturated rings. The zero-order chi connectivity index (χ0) is 29.4. The van der Waals surface area contributed by atoms with Crippen molar-refractivity contribution in [3.8, 4) is 0 Å². The number of halogens is 2. The van der Waals surface area contributed by atoms with Gasteiger partial charge in [0, 0.05) is 34.9 Å². The lowest BCUT2D eigenvalue weighted by Gasteiger charge is -2.42. The first kappa shape index (κ1) is 31.5. The summed E-state index contributed by atoms with van der Waals surface area (Å²) in [5, 5.41) is 17.0. The number of aryl methyl sites for hydroxylation is 2. The standard InChI is InChI=1S/C34H46ClFN4O/c1-25-10-11-26(2)29(22-25)34(14-7-16-37,24-32(38)33(41)23-28-30(35)8-6-9-31(28)36)15-21-39-19-12-27(13-20-39)40-17-4-3-5-18-40/h6,8-11,16,22,27,37-38H,3-5,7,12-15,17-21,23-24H2,1-2H3/t34-/m0/s1. The highest BCUT2D eigenvalue weighted by atomic mass is 35.5. The van der Waals surface area contributed by atoms with Crippen molar-refractivity contribution in [3.63, 3.8) is 0 Å². The van der Waals surface area contributed by atoms with Crippen molar-refractivity contribution in [3.05, 3.63) is 69.5 Å². The SMILES string of the molecule is Cc1ccc(C)c([C@@](CCC=N)(CCN2CCC(N3CCCCC3)CC2)CC(=N)C(=O)Cc2c(F)cccc2Cl)c1. The Labute approximate surface area is 250 Å². The van der Waals surface area contributed by atoms with Crippen LogP contribution in [0.1, 0.15) is 80.0 Å². The molecule has 222 valence electrons. The Morgan fingerprint density at radius 3 is 2.49 bits per heavy atom. The molecule has 0 bridgehead atoms. The highest BCUT2D eigenvalue weighted by Crippen LogP contribution is 2.40. The minimum Gasteiger partial charge on any atom is -0.313 e. The van der Waals surface area contributed by atoms with E-state index in [4.69, 9.17) is 22.4 Å². The molecule has 2 aliphatic rings. The van der Waals surface area contributed by atoms with Gasteiger partial charge in [-0.3, -0.25) is 4.79 Å². The van der Waals surface area contributed by atoms with Crippen LogP contribution in [0.2, 0.25) is 5.02 Å². The number of piperidine rings is 2. The van der Waals surface area contributed by atoms with Gasteiger partial charge in [-0.2, -0.15) is 0 Å². The van der Waals surface area contributed by atoms with Crippen LogP contribution in [0, 0.1) is 30.5 Å². The van der Waals surface area contributed by atoms with Gasteiger partial charge in [0.2, 0.25) is 0 Å². The molecular formula is C34H46ClFN4O. The van der Waals surface area contributed by atoms with E-state index in [0.29, 0.717) is 18.9 Å². The number of carbonyl (C=O) groups excluding carboxylic acids is 1. The van der Waals surface area contributed by atoms with Gasteiger partial charge in [0.1, 0.15) is 5.82 Å². The fraction of sp³-hybridized carbons (Fsp3) is 0.559. The largest absolute Gasteiger partial charge is 0.313 e. The fourth-order valence-corrected chi connectivity index (χ4v) is 7.12. The van der Waals surface area contributed by atoms with Gasteiger partial charge in [-0.1, -0.05) is 47.9 Å². The van der Waals surface area contributed by atoms with Crippen molar-refractivity contribution < 1.29 is 9.18 Å². The first-order valence-corrected chi connectivity index (χ1v) is 15.7. The molecule has 41 heavy (non-hydrogen) atoms. The third kappa shape index (κ3) is 8.12. The Kier molecular flexibility index (Phi) is 11.3. The van der Waals surface area contributed by atoms with Crippen LogP contribution in [0.3, 0.4) is 0 Å². The average molecular weight is 581 g/mol. The topological polar surface area (TPSA) is 71.2 Å². The van der Waals surface area contributed by atoms with Crippen molar-refractivity contribution in [1.29, 1.82) is 10.8 Å². The second kappa shape index (κ2) is 14.7. The molecule has 0 unspecified atom stereocenters. The number of Topliss-reactive ketones (excluding diaryl/α,β-unsaturated/α-hetero) is 1. The summed E-state index contributed by atoms with van der Waals surface area (Å²) in [6.45, 7) is 9.66. The number of ketones is 1. The van der Waals surface area contributed by atoms with Crippen LogP contribution in [0.5, 0.6) is 0 Å². The molecule has 0 aromatic heterocycles. The minimum absolute atomic E-state index is 0.000914. The number of hydrogen-bond donors (Lipinski definition) is 2. The smallest absolute Gasteiger partial charge is 0.180 e. The molecule has 2 aromatic rings. The molecule has 2 saturated heterocycles. The second-order valence-corrected chi connectivity index (χ2v) is 12.6. The summed E-state index contributed by atoms with van der Waals surface area (Å²) in [5.41, 5.74) is 3.12. The molecule has 2 aliphatic heterocycles. The molecule has 2 heterocycles. The van der Waals surface area contributed by atoms with E-state index in [1.165, 1.54) is 63.5 Å². The molecule has 5 nitrogen and oxygen atoms in total. The normalized spacial score (nSPS) is 18.6. The Hall–Kier alpha value is -2.41. The lowest BCUT2D eigenvalue weighted by atomic mass is 9.68. The first-order chi connectivity index (χ1) is 19.7. The van der Waals surface area contributed by atoms with Crippen molar-refractivity contribution in [2.24, 2.45) is 0 Å². The van der Waals surface area contributed by atoms with E-state index in [-0.39, 0.29) is 29.1 Å². The van der Waals surface area contributed by atoms with Crippen LogP contribution in [0.15, 0.2) is 36.4 Å². The van der Waals surface area contributed by atoms with E-state index in [1.54, 1.807) is 6.07 Å². The summed E-state index contributed by atoms with van der Waals surface area (Å²) in [6.07, 6.45) is 9.91. The van der Waals surface area contributed by atoms with Crippen molar-refractivity contribution in [1.82, 2.24) is 9.80 Å². The summed E-state index contributed by atoms with van der Waals surface area (Å²) in [4.78, 5) is 18.6. The number of hydrogen-bond acceptors (Lipinski definition) is 5. The van der Waals surface area contributed by atoms with Crippen LogP contribution < -0.4 is 0 Å². The Morgan fingerprint density at radius 1 is 1.07 bits per heavy atom. The molecule has 2 aromatic carbocycles. The molecule has 7 heteroatoms. The number of carbonyl (C=O) groups is 1. The number of nitrogens with one attached hydrogen (secondary N) is 2. The van der Waals surface area contributed by atoms with Gasteiger partial charge in [-0.25, -0.2) is 4.39 Å². The highest BCUT2D eigenvalue weighted by Gasteiger charge is 2.37. The predicted octanol–water partition coefficient (Wildman–Crippen LogP) is 7.33. The number of benzene rings is 2. The van der Waals surface area contributed by atoms with Crippen LogP contribution in [0.4, 0.5) is 4.39 Å². The Morgan fingerprint density at radius 2 is 1.80 bits per heavy atom. The third-order valence-electron chi connectivity index (χ3n) is 9.35. The van der Waals surface area contributed by atoms with Gasteiger partial charge >= 0.3 is 0 Å². The van der Waals surface area contributed by atoms with Crippen LogP contribution >= 0.6 is 11.6 Å². The number of rotatable bonds is 13. The Balaban J connectivity index is 1.54. The quantitative estimate of drug-likeness (QED) is 0.244. The molecule has 0 radical (unpaired) electrons. The summed E-state index contributed by atoms with van der Waals surface area (Å²) >= 11 is 6.21. The summed E-state index contributed by atoms with van der Waals surface area (Å²) in [5.74, 6) is -0.917. The van der Waals surface area contributed by atoms with E-state index in [9.17, 15) is 9.18 Å². The average Bonchev–Trinajstić information content (AvgIpc) is 2.98. The summed E-state index contributed by atoms with van der Waals surface area (Å²) < 4.78 is 14.5. The van der Waals surface area contributed by atoms with Gasteiger partial charge in [-0.15, -0.1) is 0 Å². The van der Waals surface area contributed by atoms with Gasteiger partial charge in [0.25, 0.3) is 0 Å². The van der Waals surface area contributed by atoms with E-state index in [0.717, 1.165) is 42.7 Å². The monoisotopic (exact) mass is 580 g/mol. The molecule has 0 saturated carbocycles. The van der Waals surface area contributed by atoms with Gasteiger partial charge in [0.05, 0.1) is 5.71 Å². The van der Waals surface area contributed by atoms with Gasteiger partial charge in [-0.05, 0) is 121 Å². The van der Waals surface area contributed by atoms with Crippen LogP contribution in [0.25, 0.3) is 0 Å². The molecule has 0 amide bonds. The first-order valence-electron chi connectivity index (χ1n) is 15.3. The number of nitrogens with zero attached hydrogens (tertiary/aromatic N) is 2.